The van der Waals surface area contributed by atoms with Crippen molar-refractivity contribution < 1.29 is 5.11 Å². The number of hydrogen-bond donors (Lipinski definition) is 1. The van der Waals surface area contributed by atoms with Crippen LogP contribution in [0.15, 0.2) is 70.0 Å². The highest BCUT2D eigenvalue weighted by Crippen LogP contribution is 2.33. The molecule has 0 amide bonds. The van der Waals surface area contributed by atoms with Crippen LogP contribution in [0.1, 0.15) is 17.2 Å². The van der Waals surface area contributed by atoms with Gasteiger partial charge in [0.25, 0.3) is 0 Å². The molecule has 106 valence electrons. The van der Waals surface area contributed by atoms with Crippen molar-refractivity contribution in [3.63, 3.8) is 0 Å². The molecule has 0 fully saturated rings. The second-order valence-electron chi connectivity index (χ2n) is 4.86. The summed E-state index contributed by atoms with van der Waals surface area (Å²) in [6.07, 6.45) is 1.44. The van der Waals surface area contributed by atoms with Crippen molar-refractivity contribution in [3.8, 4) is 0 Å². The summed E-state index contributed by atoms with van der Waals surface area (Å²) in [4.78, 5) is 1.20. The van der Waals surface area contributed by atoms with E-state index in [0.29, 0.717) is 0 Å². The zero-order valence-electron chi connectivity index (χ0n) is 11.6. The molecular weight excluding hydrogens is 344 g/mol. The molecule has 1 nitrogen and oxygen atoms in total. The van der Waals surface area contributed by atoms with Crippen LogP contribution >= 0.6 is 27.7 Å². The van der Waals surface area contributed by atoms with E-state index < -0.39 is 6.10 Å². The van der Waals surface area contributed by atoms with E-state index in [0.717, 1.165) is 26.4 Å². The van der Waals surface area contributed by atoms with Gasteiger partial charge in [-0.25, -0.2) is 0 Å². The highest BCUT2D eigenvalue weighted by Gasteiger charge is 2.14. The first kappa shape index (κ1) is 14.6. The summed E-state index contributed by atoms with van der Waals surface area (Å²) in [6.45, 7) is 0. The van der Waals surface area contributed by atoms with Crippen LogP contribution in [0.2, 0.25) is 0 Å². The standard InChI is InChI=1S/C18H15BrOS/c1-21-13-8-6-12(7-9-13)18(20)16-10-11-17(19)15-5-3-2-4-14(15)16/h2-11,18,20H,1H3. The Labute approximate surface area is 137 Å². The van der Waals surface area contributed by atoms with E-state index in [1.54, 1.807) is 11.8 Å². The van der Waals surface area contributed by atoms with Crippen LogP contribution in [-0.4, -0.2) is 11.4 Å². The number of hydrogen-bond acceptors (Lipinski definition) is 2. The minimum atomic E-state index is -0.612. The first-order chi connectivity index (χ1) is 10.2. The third-order valence-corrected chi connectivity index (χ3v) is 5.07. The van der Waals surface area contributed by atoms with Crippen LogP contribution in [0.4, 0.5) is 0 Å². The summed E-state index contributed by atoms with van der Waals surface area (Å²) in [6, 6.07) is 20.2. The average molecular weight is 359 g/mol. The van der Waals surface area contributed by atoms with E-state index in [1.165, 1.54) is 4.90 Å². The van der Waals surface area contributed by atoms with Crippen molar-refractivity contribution in [1.82, 2.24) is 0 Å². The van der Waals surface area contributed by atoms with Gasteiger partial charge in [-0.3, -0.25) is 0 Å². The topological polar surface area (TPSA) is 20.2 Å². The highest BCUT2D eigenvalue weighted by atomic mass is 79.9. The maximum atomic E-state index is 10.7. The number of rotatable bonds is 3. The molecule has 0 bridgehead atoms. The first-order valence-electron chi connectivity index (χ1n) is 6.70. The smallest absolute Gasteiger partial charge is 0.105 e. The quantitative estimate of drug-likeness (QED) is 0.632. The van der Waals surface area contributed by atoms with Gasteiger partial charge in [0.05, 0.1) is 0 Å². The SMILES string of the molecule is CSc1ccc(C(O)c2ccc(Br)c3ccccc23)cc1. The second-order valence-corrected chi connectivity index (χ2v) is 6.59. The van der Waals surface area contributed by atoms with E-state index >= 15 is 0 Å². The summed E-state index contributed by atoms with van der Waals surface area (Å²) in [5.41, 5.74) is 1.85. The molecule has 3 rings (SSSR count). The van der Waals surface area contributed by atoms with Crippen molar-refractivity contribution in [2.24, 2.45) is 0 Å². The Balaban J connectivity index is 2.08. The van der Waals surface area contributed by atoms with E-state index in [-0.39, 0.29) is 0 Å². The lowest BCUT2D eigenvalue weighted by Gasteiger charge is -2.15. The Bertz CT molecular complexity index is 768. The molecular formula is C18H15BrOS. The maximum Gasteiger partial charge on any atom is 0.105 e. The molecule has 0 saturated heterocycles. The Morgan fingerprint density at radius 2 is 1.57 bits per heavy atom. The van der Waals surface area contributed by atoms with Gasteiger partial charge in [0.15, 0.2) is 0 Å². The van der Waals surface area contributed by atoms with E-state index in [1.807, 2.05) is 54.8 Å². The third-order valence-electron chi connectivity index (χ3n) is 3.63. The molecule has 1 N–H and O–H groups in total. The highest BCUT2D eigenvalue weighted by molar-refractivity contribution is 9.10. The van der Waals surface area contributed by atoms with Crippen LogP contribution in [-0.2, 0) is 0 Å². The minimum Gasteiger partial charge on any atom is -0.384 e. The molecule has 0 aliphatic rings. The van der Waals surface area contributed by atoms with Crippen molar-refractivity contribution in [3.05, 3.63) is 76.3 Å². The number of benzene rings is 3. The van der Waals surface area contributed by atoms with Gasteiger partial charge in [0.2, 0.25) is 0 Å². The average Bonchev–Trinajstić information content (AvgIpc) is 2.55. The van der Waals surface area contributed by atoms with Crippen molar-refractivity contribution >= 4 is 38.5 Å². The summed E-state index contributed by atoms with van der Waals surface area (Å²) >= 11 is 5.27. The van der Waals surface area contributed by atoms with Gasteiger partial charge in [0, 0.05) is 9.37 Å². The summed E-state index contributed by atoms with van der Waals surface area (Å²) in [7, 11) is 0. The molecule has 1 atom stereocenters. The number of fused-ring (bicyclic) bond motifs is 1. The van der Waals surface area contributed by atoms with Crippen molar-refractivity contribution in [1.29, 1.82) is 0 Å². The Hall–Kier alpha value is -1.29. The zero-order valence-corrected chi connectivity index (χ0v) is 14.0. The van der Waals surface area contributed by atoms with Crippen molar-refractivity contribution in [2.45, 2.75) is 11.0 Å². The van der Waals surface area contributed by atoms with Crippen LogP contribution < -0.4 is 0 Å². The van der Waals surface area contributed by atoms with E-state index in [4.69, 9.17) is 0 Å². The Kier molecular flexibility index (Phi) is 4.34. The van der Waals surface area contributed by atoms with Gasteiger partial charge >= 0.3 is 0 Å². The molecule has 0 aliphatic heterocycles. The maximum absolute atomic E-state index is 10.7. The number of aliphatic hydroxyl groups is 1. The summed E-state index contributed by atoms with van der Waals surface area (Å²) < 4.78 is 1.05. The van der Waals surface area contributed by atoms with Crippen molar-refractivity contribution in [2.75, 3.05) is 6.26 Å². The summed E-state index contributed by atoms with van der Waals surface area (Å²) in [5, 5.41) is 12.9. The molecule has 1 unspecified atom stereocenters. The molecule has 0 spiro atoms. The minimum absolute atomic E-state index is 0.612. The lowest BCUT2D eigenvalue weighted by atomic mass is 9.96. The number of thioether (sulfide) groups is 1. The molecule has 0 saturated carbocycles. The van der Waals surface area contributed by atoms with Crippen LogP contribution in [0.3, 0.4) is 0 Å². The molecule has 3 aromatic rings. The molecule has 3 aromatic carbocycles. The van der Waals surface area contributed by atoms with Gasteiger partial charge in [-0.2, -0.15) is 0 Å². The fourth-order valence-electron chi connectivity index (χ4n) is 2.49. The lowest BCUT2D eigenvalue weighted by Crippen LogP contribution is -2.00. The lowest BCUT2D eigenvalue weighted by molar-refractivity contribution is 0.222. The second kappa shape index (κ2) is 6.22. The Morgan fingerprint density at radius 3 is 2.24 bits per heavy atom. The molecule has 0 heterocycles. The van der Waals surface area contributed by atoms with Gasteiger partial charge in [-0.05, 0) is 46.4 Å². The fraction of sp³-hybridized carbons (Fsp3) is 0.111. The molecule has 0 radical (unpaired) electrons. The van der Waals surface area contributed by atoms with E-state index in [2.05, 4.69) is 28.1 Å². The molecule has 21 heavy (non-hydrogen) atoms. The van der Waals surface area contributed by atoms with Gasteiger partial charge in [0.1, 0.15) is 6.10 Å². The number of halogens is 1. The van der Waals surface area contributed by atoms with Crippen LogP contribution in [0.5, 0.6) is 0 Å². The predicted octanol–water partition coefficient (Wildman–Crippen LogP) is 5.41. The molecule has 0 aromatic heterocycles. The Morgan fingerprint density at radius 1 is 0.905 bits per heavy atom. The largest absolute Gasteiger partial charge is 0.384 e. The summed E-state index contributed by atoms with van der Waals surface area (Å²) in [5.74, 6) is 0. The van der Waals surface area contributed by atoms with E-state index in [9.17, 15) is 5.11 Å². The molecule has 3 heteroatoms. The zero-order chi connectivity index (χ0) is 14.8. The van der Waals surface area contributed by atoms with Crippen LogP contribution in [0.25, 0.3) is 10.8 Å². The number of aliphatic hydroxyl groups excluding tert-OH is 1. The first-order valence-corrected chi connectivity index (χ1v) is 8.71. The van der Waals surface area contributed by atoms with Gasteiger partial charge in [-0.15, -0.1) is 11.8 Å². The fourth-order valence-corrected chi connectivity index (χ4v) is 3.38. The molecule has 0 aliphatic carbocycles. The monoisotopic (exact) mass is 358 g/mol. The van der Waals surface area contributed by atoms with Gasteiger partial charge < -0.3 is 5.11 Å². The normalized spacial score (nSPS) is 12.5. The predicted molar refractivity (Wildman–Crippen MR) is 93.9 cm³/mol. The van der Waals surface area contributed by atoms with Crippen LogP contribution in [0, 0.1) is 0 Å². The third kappa shape index (κ3) is 2.86. The van der Waals surface area contributed by atoms with Gasteiger partial charge in [-0.1, -0.05) is 58.4 Å².